The predicted molar refractivity (Wildman–Crippen MR) is 81.5 cm³/mol. The maximum atomic E-state index is 14.0. The van der Waals surface area contributed by atoms with Crippen molar-refractivity contribution < 1.29 is 13.9 Å². The lowest BCUT2D eigenvalue weighted by atomic mass is 10.1. The molecular weight excluding hydrogens is 308 g/mol. The molecule has 0 fully saturated rings. The van der Waals surface area contributed by atoms with E-state index in [1.807, 2.05) is 18.4 Å². The molecule has 0 spiro atoms. The molecule has 4 nitrogen and oxygen atoms in total. The summed E-state index contributed by atoms with van der Waals surface area (Å²) in [5, 5.41) is 17.8. The molecule has 1 unspecified atom stereocenters. The maximum absolute atomic E-state index is 14.0. The molecule has 1 aromatic heterocycles. The van der Waals surface area contributed by atoms with E-state index in [0.29, 0.717) is 29.5 Å². The normalized spacial score (nSPS) is 12.6. The lowest BCUT2D eigenvalue weighted by Crippen LogP contribution is -2.06. The van der Waals surface area contributed by atoms with Crippen LogP contribution in [0.1, 0.15) is 43.3 Å². The van der Waals surface area contributed by atoms with Gasteiger partial charge in [-0.25, -0.2) is 8.78 Å². The Balaban J connectivity index is 2.28. The quantitative estimate of drug-likeness (QED) is 0.788. The van der Waals surface area contributed by atoms with Crippen LogP contribution in [0.15, 0.2) is 23.4 Å². The monoisotopic (exact) mass is 327 g/mol. The van der Waals surface area contributed by atoms with Crippen molar-refractivity contribution in [2.45, 2.75) is 50.2 Å². The van der Waals surface area contributed by atoms with Gasteiger partial charge in [0.25, 0.3) is 0 Å². The van der Waals surface area contributed by atoms with E-state index in [4.69, 9.17) is 0 Å². The molecule has 0 saturated carbocycles. The molecule has 7 heteroatoms. The Morgan fingerprint density at radius 2 is 2.05 bits per heavy atom. The Hall–Kier alpha value is -1.47. The van der Waals surface area contributed by atoms with Gasteiger partial charge in [-0.2, -0.15) is 0 Å². The first kappa shape index (κ1) is 16.9. The molecule has 22 heavy (non-hydrogen) atoms. The second-order valence-electron chi connectivity index (χ2n) is 4.89. The van der Waals surface area contributed by atoms with Crippen molar-refractivity contribution in [1.82, 2.24) is 14.8 Å². The highest BCUT2D eigenvalue weighted by Crippen LogP contribution is 2.38. The summed E-state index contributed by atoms with van der Waals surface area (Å²) in [4.78, 5) is 0. The number of hydrogen-bond acceptors (Lipinski definition) is 4. The van der Waals surface area contributed by atoms with Crippen LogP contribution < -0.4 is 0 Å². The molecule has 2 rings (SSSR count). The van der Waals surface area contributed by atoms with Crippen molar-refractivity contribution in [3.63, 3.8) is 0 Å². The van der Waals surface area contributed by atoms with Gasteiger partial charge in [-0.3, -0.25) is 0 Å². The molecule has 0 saturated heterocycles. The van der Waals surface area contributed by atoms with E-state index >= 15 is 0 Å². The zero-order valence-corrected chi connectivity index (χ0v) is 13.4. The lowest BCUT2D eigenvalue weighted by Gasteiger charge is -2.16. The van der Waals surface area contributed by atoms with Gasteiger partial charge in [0.05, 0.1) is 0 Å². The maximum Gasteiger partial charge on any atom is 0.191 e. The van der Waals surface area contributed by atoms with Crippen LogP contribution in [-0.2, 0) is 13.2 Å². The van der Waals surface area contributed by atoms with Crippen molar-refractivity contribution in [3.8, 4) is 0 Å². The molecule has 0 aliphatic rings. The standard InChI is InChI=1S/C15H19F2N3OS/c1-3-7-20-14(9-21)18-19-15(20)22-13(4-2)11-6-5-10(16)8-12(11)17/h5-6,8,13,21H,3-4,7,9H2,1-2H3. The molecule has 120 valence electrons. The summed E-state index contributed by atoms with van der Waals surface area (Å²) in [5.41, 5.74) is 0.450. The van der Waals surface area contributed by atoms with Gasteiger partial charge in [-0.1, -0.05) is 31.7 Å². The van der Waals surface area contributed by atoms with Gasteiger partial charge < -0.3 is 9.67 Å². The summed E-state index contributed by atoms with van der Waals surface area (Å²) in [6.45, 7) is 4.46. The predicted octanol–water partition coefficient (Wildman–Crippen LogP) is 3.70. The van der Waals surface area contributed by atoms with Crippen LogP contribution in [0.2, 0.25) is 0 Å². The van der Waals surface area contributed by atoms with Crippen molar-refractivity contribution in [1.29, 1.82) is 0 Å². The Morgan fingerprint density at radius 1 is 1.27 bits per heavy atom. The number of aromatic nitrogens is 3. The van der Waals surface area contributed by atoms with E-state index in [1.165, 1.54) is 23.9 Å². The SMILES string of the molecule is CCCn1c(CO)nnc1SC(CC)c1ccc(F)cc1F. The van der Waals surface area contributed by atoms with Crippen LogP contribution in [0, 0.1) is 11.6 Å². The molecule has 1 aromatic carbocycles. The van der Waals surface area contributed by atoms with Crippen molar-refractivity contribution in [3.05, 3.63) is 41.2 Å². The van der Waals surface area contributed by atoms with Crippen LogP contribution in [0.4, 0.5) is 8.78 Å². The fraction of sp³-hybridized carbons (Fsp3) is 0.467. The summed E-state index contributed by atoms with van der Waals surface area (Å²) in [6.07, 6.45) is 1.54. The molecule has 1 heterocycles. The smallest absolute Gasteiger partial charge is 0.191 e. The molecule has 0 aliphatic heterocycles. The Morgan fingerprint density at radius 3 is 2.64 bits per heavy atom. The van der Waals surface area contributed by atoms with Gasteiger partial charge in [0, 0.05) is 23.4 Å². The number of rotatable bonds is 7. The first-order valence-electron chi connectivity index (χ1n) is 7.25. The number of nitrogens with zero attached hydrogens (tertiary/aromatic N) is 3. The number of thioether (sulfide) groups is 1. The van der Waals surface area contributed by atoms with Crippen molar-refractivity contribution in [2.75, 3.05) is 0 Å². The van der Waals surface area contributed by atoms with Crippen LogP contribution in [0.25, 0.3) is 0 Å². The molecule has 2 aromatic rings. The zero-order chi connectivity index (χ0) is 16.1. The van der Waals surface area contributed by atoms with Crippen molar-refractivity contribution >= 4 is 11.8 Å². The summed E-state index contributed by atoms with van der Waals surface area (Å²) in [5.74, 6) is -0.639. The van der Waals surface area contributed by atoms with Crippen LogP contribution >= 0.6 is 11.8 Å². The first-order valence-corrected chi connectivity index (χ1v) is 8.13. The fourth-order valence-corrected chi connectivity index (χ4v) is 3.38. The Kier molecular flexibility index (Phi) is 5.90. The van der Waals surface area contributed by atoms with E-state index < -0.39 is 11.6 Å². The highest BCUT2D eigenvalue weighted by Gasteiger charge is 2.20. The molecule has 1 atom stereocenters. The van der Waals surface area contributed by atoms with Gasteiger partial charge >= 0.3 is 0 Å². The highest BCUT2D eigenvalue weighted by molar-refractivity contribution is 7.99. The Bertz CT molecular complexity index is 633. The largest absolute Gasteiger partial charge is 0.388 e. The van der Waals surface area contributed by atoms with Gasteiger partial charge in [-0.05, 0) is 18.9 Å². The molecule has 0 aliphatic carbocycles. The van der Waals surface area contributed by atoms with Crippen LogP contribution in [-0.4, -0.2) is 19.9 Å². The van der Waals surface area contributed by atoms with Gasteiger partial charge in [0.15, 0.2) is 11.0 Å². The first-order chi connectivity index (χ1) is 10.6. The molecule has 0 radical (unpaired) electrons. The minimum absolute atomic E-state index is 0.185. The second kappa shape index (κ2) is 7.69. The average Bonchev–Trinajstić information content (AvgIpc) is 2.88. The van der Waals surface area contributed by atoms with Crippen LogP contribution in [0.3, 0.4) is 0 Å². The third kappa shape index (κ3) is 3.64. The molecule has 0 bridgehead atoms. The number of aliphatic hydroxyl groups excluding tert-OH is 1. The average molecular weight is 327 g/mol. The Labute approximate surface area is 132 Å². The van der Waals surface area contributed by atoms with Gasteiger partial charge in [0.1, 0.15) is 18.2 Å². The zero-order valence-electron chi connectivity index (χ0n) is 12.6. The topological polar surface area (TPSA) is 50.9 Å². The second-order valence-corrected chi connectivity index (χ2v) is 6.06. The molecule has 0 amide bonds. The van der Waals surface area contributed by atoms with Crippen molar-refractivity contribution in [2.24, 2.45) is 0 Å². The number of halogens is 2. The minimum Gasteiger partial charge on any atom is -0.388 e. The van der Waals surface area contributed by atoms with E-state index in [9.17, 15) is 13.9 Å². The number of hydrogen-bond donors (Lipinski definition) is 1. The number of aliphatic hydroxyl groups is 1. The third-order valence-electron chi connectivity index (χ3n) is 3.31. The molecular formula is C15H19F2N3OS. The molecule has 1 N–H and O–H groups in total. The summed E-state index contributed by atoms with van der Waals surface area (Å²) in [6, 6.07) is 3.63. The summed E-state index contributed by atoms with van der Waals surface area (Å²) >= 11 is 1.38. The minimum atomic E-state index is -0.585. The fourth-order valence-electron chi connectivity index (χ4n) is 2.23. The third-order valence-corrected chi connectivity index (χ3v) is 4.69. The summed E-state index contributed by atoms with van der Waals surface area (Å²) in [7, 11) is 0. The number of benzene rings is 1. The van der Waals surface area contributed by atoms with E-state index in [1.54, 1.807) is 0 Å². The lowest BCUT2D eigenvalue weighted by molar-refractivity contribution is 0.263. The van der Waals surface area contributed by atoms with E-state index in [-0.39, 0.29) is 11.9 Å². The van der Waals surface area contributed by atoms with E-state index in [0.717, 1.165) is 12.5 Å². The van der Waals surface area contributed by atoms with E-state index in [2.05, 4.69) is 10.2 Å². The highest BCUT2D eigenvalue weighted by atomic mass is 32.2. The summed E-state index contributed by atoms with van der Waals surface area (Å²) < 4.78 is 28.9. The van der Waals surface area contributed by atoms with Crippen LogP contribution in [0.5, 0.6) is 0 Å². The van der Waals surface area contributed by atoms with Gasteiger partial charge in [-0.15, -0.1) is 10.2 Å². The van der Waals surface area contributed by atoms with Gasteiger partial charge in [0.2, 0.25) is 0 Å².